The van der Waals surface area contributed by atoms with E-state index in [2.05, 4.69) is 10.6 Å². The number of anilines is 1. The zero-order chi connectivity index (χ0) is 14.6. The van der Waals surface area contributed by atoms with Crippen molar-refractivity contribution in [2.45, 2.75) is 18.4 Å². The van der Waals surface area contributed by atoms with E-state index in [0.717, 1.165) is 0 Å². The van der Waals surface area contributed by atoms with Crippen LogP contribution in [-0.2, 0) is 9.53 Å². The van der Waals surface area contributed by atoms with Crippen molar-refractivity contribution in [2.75, 3.05) is 18.5 Å². The standard InChI is InChI=1S/C13H15FN2O4/c14-9-3-1-2-4-10(9)15-12(19)16-13(11(17)18)5-7-20-8-6-13/h1-4H,5-8H2,(H,17,18)(H2,15,16,19). The summed E-state index contributed by atoms with van der Waals surface area (Å²) in [5.74, 6) is -1.71. The molecule has 1 fully saturated rings. The average molecular weight is 282 g/mol. The summed E-state index contributed by atoms with van der Waals surface area (Å²) in [4.78, 5) is 23.2. The van der Waals surface area contributed by atoms with E-state index in [-0.39, 0.29) is 31.7 Å². The number of rotatable bonds is 3. The number of ether oxygens (including phenoxy) is 1. The van der Waals surface area contributed by atoms with Gasteiger partial charge in [-0.05, 0) is 12.1 Å². The van der Waals surface area contributed by atoms with Gasteiger partial charge in [0.25, 0.3) is 0 Å². The maximum Gasteiger partial charge on any atom is 0.329 e. The molecule has 108 valence electrons. The van der Waals surface area contributed by atoms with E-state index in [4.69, 9.17) is 4.74 Å². The molecule has 0 radical (unpaired) electrons. The lowest BCUT2D eigenvalue weighted by Crippen LogP contribution is -2.58. The van der Waals surface area contributed by atoms with Crippen LogP contribution in [0.1, 0.15) is 12.8 Å². The third-order valence-electron chi connectivity index (χ3n) is 3.23. The minimum Gasteiger partial charge on any atom is -0.480 e. The van der Waals surface area contributed by atoms with Crippen LogP contribution in [-0.4, -0.2) is 35.9 Å². The molecule has 0 spiro atoms. The molecule has 0 bridgehead atoms. The van der Waals surface area contributed by atoms with Crippen LogP contribution in [0.4, 0.5) is 14.9 Å². The zero-order valence-electron chi connectivity index (χ0n) is 10.7. The van der Waals surface area contributed by atoms with Gasteiger partial charge in [0.15, 0.2) is 0 Å². The first-order valence-corrected chi connectivity index (χ1v) is 6.18. The third kappa shape index (κ3) is 3.05. The van der Waals surface area contributed by atoms with Gasteiger partial charge in [0.1, 0.15) is 11.4 Å². The van der Waals surface area contributed by atoms with Crippen LogP contribution in [0.5, 0.6) is 0 Å². The van der Waals surface area contributed by atoms with Crippen molar-refractivity contribution in [3.8, 4) is 0 Å². The molecule has 0 atom stereocenters. The number of amides is 2. The zero-order valence-corrected chi connectivity index (χ0v) is 10.7. The smallest absolute Gasteiger partial charge is 0.329 e. The van der Waals surface area contributed by atoms with Gasteiger partial charge in [0.2, 0.25) is 0 Å². The SMILES string of the molecule is O=C(Nc1ccccc1F)NC1(C(=O)O)CCOCC1. The molecular weight excluding hydrogens is 267 g/mol. The third-order valence-corrected chi connectivity index (χ3v) is 3.23. The first kappa shape index (κ1) is 14.3. The van der Waals surface area contributed by atoms with Crippen LogP contribution >= 0.6 is 0 Å². The van der Waals surface area contributed by atoms with Gasteiger partial charge in [-0.3, -0.25) is 0 Å². The predicted octanol–water partition coefficient (Wildman–Crippen LogP) is 1.58. The van der Waals surface area contributed by atoms with Gasteiger partial charge in [-0.25, -0.2) is 14.0 Å². The Morgan fingerprint density at radius 1 is 1.25 bits per heavy atom. The summed E-state index contributed by atoms with van der Waals surface area (Å²) in [6.45, 7) is 0.512. The highest BCUT2D eigenvalue weighted by atomic mass is 19.1. The fourth-order valence-corrected chi connectivity index (χ4v) is 2.05. The molecule has 1 aromatic rings. The van der Waals surface area contributed by atoms with Gasteiger partial charge >= 0.3 is 12.0 Å². The van der Waals surface area contributed by atoms with Crippen LogP contribution in [0.3, 0.4) is 0 Å². The van der Waals surface area contributed by atoms with Crippen molar-refractivity contribution >= 4 is 17.7 Å². The van der Waals surface area contributed by atoms with Gasteiger partial charge in [-0.15, -0.1) is 0 Å². The maximum atomic E-state index is 13.4. The lowest BCUT2D eigenvalue weighted by atomic mass is 9.90. The molecule has 0 aromatic heterocycles. The number of hydrogen-bond donors (Lipinski definition) is 3. The van der Waals surface area contributed by atoms with Crippen molar-refractivity contribution < 1.29 is 23.8 Å². The number of para-hydroxylation sites is 1. The fraction of sp³-hybridized carbons (Fsp3) is 0.385. The first-order chi connectivity index (χ1) is 9.53. The van der Waals surface area contributed by atoms with Crippen LogP contribution in [0.2, 0.25) is 0 Å². The Kier molecular flexibility index (Phi) is 4.19. The predicted molar refractivity (Wildman–Crippen MR) is 69.0 cm³/mol. The van der Waals surface area contributed by atoms with Crippen LogP contribution in [0.25, 0.3) is 0 Å². The molecule has 20 heavy (non-hydrogen) atoms. The van der Waals surface area contributed by atoms with Crippen molar-refractivity contribution in [3.63, 3.8) is 0 Å². The number of nitrogens with one attached hydrogen (secondary N) is 2. The Hall–Kier alpha value is -2.15. The number of benzene rings is 1. The van der Waals surface area contributed by atoms with E-state index >= 15 is 0 Å². The van der Waals surface area contributed by atoms with Crippen molar-refractivity contribution in [1.82, 2.24) is 5.32 Å². The topological polar surface area (TPSA) is 87.7 Å². The molecule has 0 aliphatic carbocycles. The quantitative estimate of drug-likeness (QED) is 0.785. The second-order valence-electron chi connectivity index (χ2n) is 4.56. The number of carboxylic acids is 1. The molecule has 7 heteroatoms. The molecule has 2 rings (SSSR count). The molecule has 1 aliphatic heterocycles. The first-order valence-electron chi connectivity index (χ1n) is 6.18. The summed E-state index contributed by atoms with van der Waals surface area (Å²) >= 11 is 0. The van der Waals surface area contributed by atoms with E-state index in [1.807, 2.05) is 0 Å². The van der Waals surface area contributed by atoms with E-state index in [1.54, 1.807) is 6.07 Å². The molecule has 3 N–H and O–H groups in total. The molecule has 0 unspecified atom stereocenters. The van der Waals surface area contributed by atoms with E-state index in [9.17, 15) is 19.1 Å². The van der Waals surface area contributed by atoms with Gasteiger partial charge < -0.3 is 20.5 Å². The number of halogens is 1. The minimum atomic E-state index is -1.37. The van der Waals surface area contributed by atoms with Crippen molar-refractivity contribution in [2.24, 2.45) is 0 Å². The molecular formula is C13H15FN2O4. The Morgan fingerprint density at radius 2 is 1.90 bits per heavy atom. The van der Waals surface area contributed by atoms with Gasteiger partial charge in [-0.2, -0.15) is 0 Å². The van der Waals surface area contributed by atoms with Crippen LogP contribution < -0.4 is 10.6 Å². The van der Waals surface area contributed by atoms with Gasteiger partial charge in [-0.1, -0.05) is 12.1 Å². The average Bonchev–Trinajstić information content (AvgIpc) is 2.42. The highest BCUT2D eigenvalue weighted by Crippen LogP contribution is 2.21. The molecule has 1 aliphatic rings. The van der Waals surface area contributed by atoms with E-state index < -0.39 is 23.4 Å². The van der Waals surface area contributed by atoms with Gasteiger partial charge in [0, 0.05) is 26.1 Å². The number of hydrogen-bond acceptors (Lipinski definition) is 3. The molecule has 1 saturated heterocycles. The monoisotopic (exact) mass is 282 g/mol. The number of aliphatic carboxylic acids is 1. The highest BCUT2D eigenvalue weighted by molar-refractivity contribution is 5.94. The lowest BCUT2D eigenvalue weighted by molar-refractivity contribution is -0.148. The summed E-state index contributed by atoms with van der Waals surface area (Å²) < 4.78 is 18.5. The molecule has 1 aromatic carbocycles. The minimum absolute atomic E-state index is 0.00222. The molecule has 1 heterocycles. The fourth-order valence-electron chi connectivity index (χ4n) is 2.05. The largest absolute Gasteiger partial charge is 0.480 e. The van der Waals surface area contributed by atoms with Crippen LogP contribution in [0, 0.1) is 5.82 Å². The molecule has 6 nitrogen and oxygen atoms in total. The Bertz CT molecular complexity index is 515. The Balaban J connectivity index is 2.06. The highest BCUT2D eigenvalue weighted by Gasteiger charge is 2.41. The summed E-state index contributed by atoms with van der Waals surface area (Å²) in [5.41, 5.74) is -1.37. The summed E-state index contributed by atoms with van der Waals surface area (Å²) in [7, 11) is 0. The van der Waals surface area contributed by atoms with Crippen molar-refractivity contribution in [3.05, 3.63) is 30.1 Å². The number of urea groups is 1. The Morgan fingerprint density at radius 3 is 2.50 bits per heavy atom. The van der Waals surface area contributed by atoms with Crippen molar-refractivity contribution in [1.29, 1.82) is 0 Å². The Labute approximate surface area is 114 Å². The molecule has 0 saturated carbocycles. The normalized spacial score (nSPS) is 17.2. The van der Waals surface area contributed by atoms with E-state index in [0.29, 0.717) is 0 Å². The molecule has 2 amide bonds. The number of carboxylic acid groups (broad SMARTS) is 1. The summed E-state index contributed by atoms with van der Waals surface area (Å²) in [6, 6.07) is 4.92. The maximum absolute atomic E-state index is 13.4. The van der Waals surface area contributed by atoms with E-state index in [1.165, 1.54) is 18.2 Å². The summed E-state index contributed by atoms with van der Waals surface area (Å²) in [6.07, 6.45) is 0.347. The second-order valence-corrected chi connectivity index (χ2v) is 4.56. The number of carbonyl (C=O) groups excluding carboxylic acids is 1. The second kappa shape index (κ2) is 5.87. The summed E-state index contributed by atoms with van der Waals surface area (Å²) in [5, 5.41) is 14.0. The van der Waals surface area contributed by atoms with Crippen LogP contribution in [0.15, 0.2) is 24.3 Å². The lowest BCUT2D eigenvalue weighted by Gasteiger charge is -2.33. The number of carbonyl (C=O) groups is 2. The van der Waals surface area contributed by atoms with Gasteiger partial charge in [0.05, 0.1) is 5.69 Å².